The third-order valence-corrected chi connectivity index (χ3v) is 7.53. The largest absolute Gasteiger partial charge is 0.476 e. The molecule has 0 aliphatic carbocycles. The summed E-state index contributed by atoms with van der Waals surface area (Å²) in [7, 11) is 1.81. The van der Waals surface area contributed by atoms with E-state index in [9.17, 15) is 5.11 Å². The highest BCUT2D eigenvalue weighted by Gasteiger charge is 2.34. The van der Waals surface area contributed by atoms with Gasteiger partial charge in [0.2, 0.25) is 11.8 Å². The number of nitrogens with zero attached hydrogens (tertiary/aromatic N) is 6. The van der Waals surface area contributed by atoms with Crippen molar-refractivity contribution in [3.8, 4) is 22.9 Å². The lowest BCUT2D eigenvalue weighted by molar-refractivity contribution is 0.0920. The SMILES string of the molecule is CCOc1nn(CCO)c2c1/C=C/c1n[nH]c3cc(F)c(cc13)-c1cnn(C)c1O[C@@H](C)[C@H]1CCCN1C2. The molecular formula is C27H32FN7O3. The van der Waals surface area contributed by atoms with E-state index in [0.29, 0.717) is 53.8 Å². The number of hydrogen-bond acceptors (Lipinski definition) is 7. The summed E-state index contributed by atoms with van der Waals surface area (Å²) < 4.78 is 31.3. The molecular weight excluding hydrogens is 489 g/mol. The number of aromatic amines is 1. The number of fused-ring (bicyclic) bond motifs is 5. The first kappa shape index (κ1) is 24.6. The average molecular weight is 522 g/mol. The van der Waals surface area contributed by atoms with Gasteiger partial charge in [0.05, 0.1) is 54.0 Å². The van der Waals surface area contributed by atoms with Crippen LogP contribution in [0.25, 0.3) is 34.2 Å². The van der Waals surface area contributed by atoms with Gasteiger partial charge in [-0.05, 0) is 51.5 Å². The molecule has 0 spiro atoms. The van der Waals surface area contributed by atoms with E-state index in [4.69, 9.17) is 14.6 Å². The van der Waals surface area contributed by atoms with Crippen LogP contribution in [0.1, 0.15) is 43.6 Å². The Bertz CT molecular complexity index is 1500. The number of nitrogens with one attached hydrogen (secondary N) is 1. The Kier molecular flexibility index (Phi) is 6.40. The highest BCUT2D eigenvalue weighted by molar-refractivity contribution is 5.93. The molecule has 0 unspecified atom stereocenters. The number of aliphatic hydroxyl groups excluding tert-OH is 1. The first-order valence-electron chi connectivity index (χ1n) is 13.1. The van der Waals surface area contributed by atoms with Gasteiger partial charge < -0.3 is 14.6 Å². The summed E-state index contributed by atoms with van der Waals surface area (Å²) in [5.41, 5.74) is 4.08. The minimum Gasteiger partial charge on any atom is -0.476 e. The van der Waals surface area contributed by atoms with Crippen molar-refractivity contribution in [2.24, 2.45) is 7.05 Å². The van der Waals surface area contributed by atoms with Crippen LogP contribution in [0.5, 0.6) is 11.8 Å². The zero-order valence-electron chi connectivity index (χ0n) is 21.8. The molecule has 2 aliphatic rings. The predicted molar refractivity (Wildman–Crippen MR) is 141 cm³/mol. The van der Waals surface area contributed by atoms with Gasteiger partial charge >= 0.3 is 0 Å². The summed E-state index contributed by atoms with van der Waals surface area (Å²) in [5, 5.41) is 27.0. The van der Waals surface area contributed by atoms with Crippen LogP contribution in [0, 0.1) is 5.82 Å². The Balaban J connectivity index is 1.57. The highest BCUT2D eigenvalue weighted by Crippen LogP contribution is 2.37. The number of hydrogen-bond donors (Lipinski definition) is 2. The van der Waals surface area contributed by atoms with Crippen molar-refractivity contribution in [1.29, 1.82) is 0 Å². The maximum atomic E-state index is 15.4. The maximum absolute atomic E-state index is 15.4. The zero-order valence-corrected chi connectivity index (χ0v) is 21.8. The second kappa shape index (κ2) is 9.88. The van der Waals surface area contributed by atoms with Gasteiger partial charge in [0.15, 0.2) is 0 Å². The smallest absolute Gasteiger partial charge is 0.240 e. The topological polar surface area (TPSA) is 106 Å². The van der Waals surface area contributed by atoms with E-state index < -0.39 is 0 Å². The summed E-state index contributed by atoms with van der Waals surface area (Å²) >= 11 is 0. The van der Waals surface area contributed by atoms with Crippen LogP contribution in [-0.4, -0.2) is 71.7 Å². The van der Waals surface area contributed by atoms with Crippen LogP contribution in [0.2, 0.25) is 0 Å². The van der Waals surface area contributed by atoms with Gasteiger partial charge in [-0.1, -0.05) is 0 Å². The maximum Gasteiger partial charge on any atom is 0.240 e. The molecule has 1 saturated heterocycles. The molecule has 2 bridgehead atoms. The molecule has 5 heterocycles. The zero-order chi connectivity index (χ0) is 26.4. The molecule has 11 heteroatoms. The molecule has 1 aromatic carbocycles. The Morgan fingerprint density at radius 1 is 1.26 bits per heavy atom. The van der Waals surface area contributed by atoms with E-state index in [0.717, 1.165) is 36.0 Å². The van der Waals surface area contributed by atoms with Crippen molar-refractivity contribution in [1.82, 2.24) is 34.7 Å². The van der Waals surface area contributed by atoms with E-state index in [-0.39, 0.29) is 24.6 Å². The van der Waals surface area contributed by atoms with Gasteiger partial charge in [-0.15, -0.1) is 5.10 Å². The molecule has 4 aromatic rings. The first-order chi connectivity index (χ1) is 18.5. The molecule has 38 heavy (non-hydrogen) atoms. The number of benzene rings is 1. The van der Waals surface area contributed by atoms with E-state index in [1.54, 1.807) is 16.9 Å². The van der Waals surface area contributed by atoms with Gasteiger partial charge in [-0.2, -0.15) is 10.2 Å². The molecule has 2 N–H and O–H groups in total. The normalized spacial score (nSPS) is 20.4. The minimum atomic E-state index is -0.375. The molecule has 0 radical (unpaired) electrons. The molecule has 2 aliphatic heterocycles. The van der Waals surface area contributed by atoms with Crippen molar-refractivity contribution in [2.75, 3.05) is 19.8 Å². The van der Waals surface area contributed by atoms with Crippen molar-refractivity contribution in [3.63, 3.8) is 0 Å². The van der Waals surface area contributed by atoms with Crippen LogP contribution >= 0.6 is 0 Å². The average Bonchev–Trinajstić information content (AvgIpc) is 3.66. The second-order valence-corrected chi connectivity index (χ2v) is 9.86. The lowest BCUT2D eigenvalue weighted by Gasteiger charge is -2.30. The van der Waals surface area contributed by atoms with E-state index in [2.05, 4.69) is 27.1 Å². The highest BCUT2D eigenvalue weighted by atomic mass is 19.1. The summed E-state index contributed by atoms with van der Waals surface area (Å²) in [6.45, 7) is 6.30. The summed E-state index contributed by atoms with van der Waals surface area (Å²) in [6, 6.07) is 3.39. The summed E-state index contributed by atoms with van der Waals surface area (Å²) in [6.07, 6.45) is 7.35. The summed E-state index contributed by atoms with van der Waals surface area (Å²) in [5.74, 6) is 0.671. The van der Waals surface area contributed by atoms with Crippen LogP contribution in [0.15, 0.2) is 18.3 Å². The van der Waals surface area contributed by atoms with E-state index >= 15 is 4.39 Å². The van der Waals surface area contributed by atoms with Crippen LogP contribution in [0.4, 0.5) is 4.39 Å². The predicted octanol–water partition coefficient (Wildman–Crippen LogP) is 3.61. The number of halogens is 1. The molecule has 10 nitrogen and oxygen atoms in total. The summed E-state index contributed by atoms with van der Waals surface area (Å²) in [4.78, 5) is 2.39. The van der Waals surface area contributed by atoms with Crippen molar-refractivity contribution in [2.45, 2.75) is 51.9 Å². The van der Waals surface area contributed by atoms with Gasteiger partial charge in [-0.3, -0.25) is 14.7 Å². The van der Waals surface area contributed by atoms with Gasteiger partial charge in [-0.25, -0.2) is 9.07 Å². The monoisotopic (exact) mass is 521 g/mol. The van der Waals surface area contributed by atoms with Crippen molar-refractivity contribution in [3.05, 3.63) is 41.1 Å². The first-order valence-corrected chi connectivity index (χ1v) is 13.1. The second-order valence-electron chi connectivity index (χ2n) is 9.86. The molecule has 0 amide bonds. The van der Waals surface area contributed by atoms with Gasteiger partial charge in [0.25, 0.3) is 0 Å². The fourth-order valence-electron chi connectivity index (χ4n) is 5.68. The Morgan fingerprint density at radius 2 is 2.13 bits per heavy atom. The number of aliphatic hydroxyl groups is 1. The third-order valence-electron chi connectivity index (χ3n) is 7.53. The van der Waals surface area contributed by atoms with E-state index in [1.807, 2.05) is 30.8 Å². The number of ether oxygens (including phenoxy) is 2. The molecule has 2 atom stereocenters. The lowest BCUT2D eigenvalue weighted by Crippen LogP contribution is -2.41. The molecule has 0 saturated carbocycles. The molecule has 200 valence electrons. The standard InChI is InChI=1S/C27H32FN7O3/c1-4-37-26-17-7-8-22-19-12-18(21(28)13-23(19)31-30-22)20-14-29-33(3)27(20)38-16(2)24-6-5-9-34(24)15-25(17)35(32-26)10-11-36/h7-8,12-14,16,24,36H,4-6,9-11,15H2,1-3H3,(H,30,31)/b8-7+/t16-,24+/m0/s1. The molecule has 3 aromatic heterocycles. The molecule has 1 fully saturated rings. The number of aromatic nitrogens is 6. The molecule has 6 rings (SSSR count). The van der Waals surface area contributed by atoms with Crippen molar-refractivity contribution >= 4 is 23.1 Å². The fraction of sp³-hybridized carbons (Fsp3) is 0.444. The van der Waals surface area contributed by atoms with Gasteiger partial charge in [0.1, 0.15) is 11.9 Å². The quantitative estimate of drug-likeness (QED) is 0.423. The Labute approximate surface area is 219 Å². The van der Waals surface area contributed by atoms with Crippen molar-refractivity contribution < 1.29 is 19.0 Å². The van der Waals surface area contributed by atoms with E-state index in [1.165, 1.54) is 6.07 Å². The Morgan fingerprint density at radius 3 is 2.95 bits per heavy atom. The number of aryl methyl sites for hydroxylation is 1. The number of rotatable bonds is 4. The third kappa shape index (κ3) is 4.15. The fourth-order valence-corrected chi connectivity index (χ4v) is 5.68. The Hall–Kier alpha value is -3.70. The van der Waals surface area contributed by atoms with Gasteiger partial charge in [0, 0.05) is 36.7 Å². The minimum absolute atomic E-state index is 0.0338. The van der Waals surface area contributed by atoms with Crippen LogP contribution in [-0.2, 0) is 20.1 Å². The number of H-pyrrole nitrogens is 1. The van der Waals surface area contributed by atoms with Crippen LogP contribution in [0.3, 0.4) is 0 Å². The lowest BCUT2D eigenvalue weighted by atomic mass is 10.0. The van der Waals surface area contributed by atoms with Crippen LogP contribution < -0.4 is 9.47 Å².